The molecule has 0 aromatic rings. The second-order valence-corrected chi connectivity index (χ2v) is 7.71. The molecule has 122 valence electrons. The molecule has 0 radical (unpaired) electrons. The second kappa shape index (κ2) is 7.62. The molecule has 3 heteroatoms. The molecule has 2 fully saturated rings. The van der Waals surface area contributed by atoms with Gasteiger partial charge in [-0.25, -0.2) is 0 Å². The molecule has 0 aliphatic heterocycles. The molecule has 21 heavy (non-hydrogen) atoms. The summed E-state index contributed by atoms with van der Waals surface area (Å²) >= 11 is 0. The molecule has 2 saturated carbocycles. The number of nitrogens with two attached hydrogens (primary N) is 1. The van der Waals surface area contributed by atoms with Crippen LogP contribution in [0, 0.1) is 23.7 Å². The average Bonchev–Trinajstić information content (AvgIpc) is 2.45. The predicted molar refractivity (Wildman–Crippen MR) is 87.8 cm³/mol. The van der Waals surface area contributed by atoms with Crippen LogP contribution in [0.1, 0.15) is 72.1 Å². The van der Waals surface area contributed by atoms with E-state index in [9.17, 15) is 4.79 Å². The average molecular weight is 294 g/mol. The zero-order valence-electron chi connectivity index (χ0n) is 14.1. The van der Waals surface area contributed by atoms with Gasteiger partial charge in [0.2, 0.25) is 5.91 Å². The van der Waals surface area contributed by atoms with E-state index < -0.39 is 0 Å². The first-order chi connectivity index (χ1) is 10.0. The Labute approximate surface area is 130 Å². The lowest BCUT2D eigenvalue weighted by Gasteiger charge is -2.37. The quantitative estimate of drug-likeness (QED) is 0.834. The van der Waals surface area contributed by atoms with Crippen molar-refractivity contribution in [2.75, 3.05) is 0 Å². The van der Waals surface area contributed by atoms with Gasteiger partial charge in [0.15, 0.2) is 0 Å². The second-order valence-electron chi connectivity index (χ2n) is 7.71. The number of carbonyl (C=O) groups excluding carboxylic acids is 1. The Morgan fingerprint density at radius 3 is 2.38 bits per heavy atom. The Bertz CT molecular complexity index is 336. The first kappa shape index (κ1) is 16.8. The van der Waals surface area contributed by atoms with E-state index in [-0.39, 0.29) is 17.9 Å². The van der Waals surface area contributed by atoms with Gasteiger partial charge in [0.1, 0.15) is 0 Å². The molecule has 0 bridgehead atoms. The van der Waals surface area contributed by atoms with Gasteiger partial charge in [-0.15, -0.1) is 0 Å². The van der Waals surface area contributed by atoms with Gasteiger partial charge in [-0.3, -0.25) is 4.79 Å². The van der Waals surface area contributed by atoms with E-state index in [0.717, 1.165) is 18.8 Å². The van der Waals surface area contributed by atoms with E-state index in [1.165, 1.54) is 38.5 Å². The lowest BCUT2D eigenvalue weighted by Crippen LogP contribution is -2.48. The van der Waals surface area contributed by atoms with Crippen molar-refractivity contribution in [3.05, 3.63) is 0 Å². The number of nitrogens with one attached hydrogen (secondary N) is 1. The molecule has 4 unspecified atom stereocenters. The lowest BCUT2D eigenvalue weighted by molar-refractivity contribution is -0.129. The van der Waals surface area contributed by atoms with E-state index in [0.29, 0.717) is 17.9 Å². The molecule has 0 aromatic carbocycles. The molecule has 3 nitrogen and oxygen atoms in total. The zero-order chi connectivity index (χ0) is 15.4. The van der Waals surface area contributed by atoms with Crippen LogP contribution in [0.5, 0.6) is 0 Å². The SMILES string of the molecule is CCCC1CCC(NC(=O)C2CC(N)C(C)CC2C)CC1. The highest BCUT2D eigenvalue weighted by Gasteiger charge is 2.36. The van der Waals surface area contributed by atoms with Crippen molar-refractivity contribution < 1.29 is 4.79 Å². The van der Waals surface area contributed by atoms with E-state index in [4.69, 9.17) is 5.73 Å². The normalized spacial score (nSPS) is 40.8. The number of rotatable bonds is 4. The minimum Gasteiger partial charge on any atom is -0.353 e. The van der Waals surface area contributed by atoms with Gasteiger partial charge in [0.05, 0.1) is 0 Å². The van der Waals surface area contributed by atoms with Gasteiger partial charge in [0.25, 0.3) is 0 Å². The summed E-state index contributed by atoms with van der Waals surface area (Å²) in [5.41, 5.74) is 6.17. The number of carbonyl (C=O) groups is 1. The summed E-state index contributed by atoms with van der Waals surface area (Å²) in [6.07, 6.45) is 9.50. The van der Waals surface area contributed by atoms with Crippen molar-refractivity contribution in [2.24, 2.45) is 29.4 Å². The van der Waals surface area contributed by atoms with Crippen LogP contribution in [0.2, 0.25) is 0 Å². The fourth-order valence-corrected chi connectivity index (χ4v) is 4.36. The molecule has 3 N–H and O–H groups in total. The van der Waals surface area contributed by atoms with E-state index >= 15 is 0 Å². The van der Waals surface area contributed by atoms with E-state index in [1.54, 1.807) is 0 Å². The summed E-state index contributed by atoms with van der Waals surface area (Å²) in [6, 6.07) is 0.602. The van der Waals surface area contributed by atoms with E-state index in [1.807, 2.05) is 0 Å². The van der Waals surface area contributed by atoms with Crippen molar-refractivity contribution in [1.29, 1.82) is 0 Å². The summed E-state index contributed by atoms with van der Waals surface area (Å²) in [6.45, 7) is 6.69. The third-order valence-electron chi connectivity index (χ3n) is 5.91. The molecule has 2 aliphatic rings. The zero-order valence-corrected chi connectivity index (χ0v) is 14.1. The Balaban J connectivity index is 1.79. The van der Waals surface area contributed by atoms with Gasteiger partial charge in [0, 0.05) is 18.0 Å². The topological polar surface area (TPSA) is 55.1 Å². The molecule has 4 atom stereocenters. The largest absolute Gasteiger partial charge is 0.353 e. The van der Waals surface area contributed by atoms with Gasteiger partial charge in [-0.2, -0.15) is 0 Å². The van der Waals surface area contributed by atoms with Crippen molar-refractivity contribution in [3.8, 4) is 0 Å². The summed E-state index contributed by atoms with van der Waals surface area (Å²) in [5, 5.41) is 3.32. The fraction of sp³-hybridized carbons (Fsp3) is 0.944. The van der Waals surface area contributed by atoms with Gasteiger partial charge >= 0.3 is 0 Å². The Morgan fingerprint density at radius 1 is 1.10 bits per heavy atom. The minimum atomic E-state index is 0.129. The summed E-state index contributed by atoms with van der Waals surface area (Å²) in [4.78, 5) is 12.6. The van der Waals surface area contributed by atoms with Crippen molar-refractivity contribution in [1.82, 2.24) is 5.32 Å². The van der Waals surface area contributed by atoms with Crippen LogP contribution in [0.15, 0.2) is 0 Å². The summed E-state index contributed by atoms with van der Waals surface area (Å²) < 4.78 is 0. The van der Waals surface area contributed by atoms with Crippen LogP contribution in [-0.2, 0) is 4.79 Å². The molecule has 1 amide bonds. The van der Waals surface area contributed by atoms with Crippen LogP contribution in [0.3, 0.4) is 0 Å². The Kier molecular flexibility index (Phi) is 6.09. The summed E-state index contributed by atoms with van der Waals surface area (Å²) in [5.74, 6) is 2.31. The maximum absolute atomic E-state index is 12.6. The molecule has 0 saturated heterocycles. The lowest BCUT2D eigenvalue weighted by atomic mass is 9.72. The van der Waals surface area contributed by atoms with Crippen LogP contribution in [0.25, 0.3) is 0 Å². The molecule has 2 rings (SSSR count). The number of hydrogen-bond acceptors (Lipinski definition) is 2. The van der Waals surface area contributed by atoms with Gasteiger partial charge < -0.3 is 11.1 Å². The smallest absolute Gasteiger partial charge is 0.223 e. The van der Waals surface area contributed by atoms with Gasteiger partial charge in [-0.1, -0.05) is 33.6 Å². The van der Waals surface area contributed by atoms with Crippen LogP contribution < -0.4 is 11.1 Å². The Hall–Kier alpha value is -0.570. The Morgan fingerprint density at radius 2 is 1.76 bits per heavy atom. The predicted octanol–water partition coefficient (Wildman–Crippen LogP) is 3.47. The highest BCUT2D eigenvalue weighted by atomic mass is 16.2. The molecular formula is C18H34N2O. The third kappa shape index (κ3) is 4.45. The minimum absolute atomic E-state index is 0.129. The highest BCUT2D eigenvalue weighted by Crippen LogP contribution is 2.34. The molecule has 0 heterocycles. The maximum atomic E-state index is 12.6. The molecule has 0 aromatic heterocycles. The summed E-state index contributed by atoms with van der Waals surface area (Å²) in [7, 11) is 0. The van der Waals surface area contributed by atoms with Crippen LogP contribution >= 0.6 is 0 Å². The first-order valence-electron chi connectivity index (χ1n) is 9.07. The van der Waals surface area contributed by atoms with Crippen molar-refractivity contribution in [3.63, 3.8) is 0 Å². The van der Waals surface area contributed by atoms with E-state index in [2.05, 4.69) is 26.1 Å². The van der Waals surface area contributed by atoms with Crippen molar-refractivity contribution >= 4 is 5.91 Å². The van der Waals surface area contributed by atoms with Crippen molar-refractivity contribution in [2.45, 2.75) is 84.2 Å². The monoisotopic (exact) mass is 294 g/mol. The van der Waals surface area contributed by atoms with Crippen LogP contribution in [-0.4, -0.2) is 18.0 Å². The number of hydrogen-bond donors (Lipinski definition) is 2. The van der Waals surface area contributed by atoms with Gasteiger partial charge in [-0.05, 0) is 56.3 Å². The maximum Gasteiger partial charge on any atom is 0.223 e. The molecule has 2 aliphatic carbocycles. The first-order valence-corrected chi connectivity index (χ1v) is 9.07. The fourth-order valence-electron chi connectivity index (χ4n) is 4.36. The molecule has 0 spiro atoms. The standard InChI is InChI=1S/C18H34N2O/c1-4-5-14-6-8-15(9-7-14)20-18(21)16-11-17(19)13(3)10-12(16)2/h12-17H,4-11,19H2,1-3H3,(H,20,21). The highest BCUT2D eigenvalue weighted by molar-refractivity contribution is 5.79. The third-order valence-corrected chi connectivity index (χ3v) is 5.91. The molecular weight excluding hydrogens is 260 g/mol. The number of amides is 1. The van der Waals surface area contributed by atoms with Crippen LogP contribution in [0.4, 0.5) is 0 Å².